The molecule has 3 N–H and O–H groups in total. The molecule has 0 radical (unpaired) electrons. The smallest absolute Gasteiger partial charge is 0.228 e. The zero-order valence-corrected chi connectivity index (χ0v) is 11.9. The van der Waals surface area contributed by atoms with Crippen molar-refractivity contribution in [2.75, 3.05) is 11.1 Å². The number of nitrogens with one attached hydrogen (secondary N) is 1. The fraction of sp³-hybridized carbons (Fsp3) is 0.462. The molecule has 110 valence electrons. The number of hydrogen-bond donors (Lipinski definition) is 2. The molecule has 2 heterocycles. The van der Waals surface area contributed by atoms with Gasteiger partial charge in [-0.1, -0.05) is 14.4 Å². The summed E-state index contributed by atoms with van der Waals surface area (Å²) in [6.07, 6.45) is 0.797. The van der Waals surface area contributed by atoms with E-state index in [2.05, 4.69) is 20.3 Å². The topological polar surface area (TPSA) is 76.7 Å². The van der Waals surface area contributed by atoms with Gasteiger partial charge in [0.1, 0.15) is 5.82 Å². The summed E-state index contributed by atoms with van der Waals surface area (Å²) in [4.78, 5) is 13.1. The molecule has 0 spiro atoms. The van der Waals surface area contributed by atoms with Gasteiger partial charge in [-0.15, -0.1) is 11.3 Å². The molecule has 2 rings (SSSR count). The van der Waals surface area contributed by atoms with Crippen LogP contribution in [0.3, 0.4) is 0 Å². The summed E-state index contributed by atoms with van der Waals surface area (Å²) in [6, 6.07) is 1.51. The van der Waals surface area contributed by atoms with Gasteiger partial charge in [0.2, 0.25) is 11.9 Å². The van der Waals surface area contributed by atoms with Gasteiger partial charge >= 0.3 is 0 Å². The molecule has 1 atom stereocenters. The Hall–Kier alpha value is -1.76. The van der Waals surface area contributed by atoms with Crippen LogP contribution in [0.1, 0.15) is 43.1 Å². The molecule has 20 heavy (non-hydrogen) atoms. The molecule has 2 aromatic rings. The van der Waals surface area contributed by atoms with Crippen LogP contribution in [-0.4, -0.2) is 15.0 Å². The van der Waals surface area contributed by atoms with Gasteiger partial charge in [0.05, 0.1) is 6.04 Å². The predicted molar refractivity (Wildman–Crippen MR) is 81.4 cm³/mol. The second-order valence-electron chi connectivity index (χ2n) is 4.27. The maximum absolute atomic E-state index is 13.3. The number of aromatic nitrogens is 3. The first-order valence-corrected chi connectivity index (χ1v) is 6.81. The van der Waals surface area contributed by atoms with Crippen molar-refractivity contribution in [3.63, 3.8) is 0 Å². The first kappa shape index (κ1) is 16.3. The third kappa shape index (κ3) is 3.63. The fourth-order valence-electron chi connectivity index (χ4n) is 1.88. The fourth-order valence-corrected chi connectivity index (χ4v) is 2.91. The predicted octanol–water partition coefficient (Wildman–Crippen LogP) is 3.47. The Morgan fingerprint density at radius 1 is 1.35 bits per heavy atom. The number of rotatable bonds is 4. The largest absolute Gasteiger partial charge is 0.368 e. The van der Waals surface area contributed by atoms with Gasteiger partial charge in [0.15, 0.2) is 5.13 Å². The standard InChI is InChI=1S/C12H16FN5S.CH4/c1-4-8(10-6(2)5-9(13)19-10)17-12-16-7(3)15-11(14)18-12;/h5,8H,4H2,1-3H3,(H3,14,15,16,17,18);1H4. The van der Waals surface area contributed by atoms with Crippen molar-refractivity contribution in [1.82, 2.24) is 15.0 Å². The molecule has 0 bridgehead atoms. The molecule has 0 saturated carbocycles. The van der Waals surface area contributed by atoms with E-state index in [-0.39, 0.29) is 24.5 Å². The number of anilines is 2. The average molecular weight is 297 g/mol. The van der Waals surface area contributed by atoms with Gasteiger partial charge in [-0.05, 0) is 31.9 Å². The van der Waals surface area contributed by atoms with Gasteiger partial charge < -0.3 is 11.1 Å². The van der Waals surface area contributed by atoms with Crippen molar-refractivity contribution < 1.29 is 4.39 Å². The van der Waals surface area contributed by atoms with E-state index < -0.39 is 0 Å². The lowest BCUT2D eigenvalue weighted by Crippen LogP contribution is -2.13. The van der Waals surface area contributed by atoms with Crippen LogP contribution in [0.4, 0.5) is 16.3 Å². The van der Waals surface area contributed by atoms with Crippen LogP contribution in [0, 0.1) is 19.0 Å². The van der Waals surface area contributed by atoms with E-state index in [4.69, 9.17) is 5.73 Å². The number of halogens is 1. The highest BCUT2D eigenvalue weighted by molar-refractivity contribution is 7.10. The van der Waals surface area contributed by atoms with Crippen LogP contribution in [0.25, 0.3) is 0 Å². The number of nitrogen functional groups attached to an aromatic ring is 1. The SMILES string of the molecule is C.CCC(Nc1nc(C)nc(N)n1)c1sc(F)cc1C. The van der Waals surface area contributed by atoms with Gasteiger partial charge in [-0.25, -0.2) is 0 Å². The normalized spacial score (nSPS) is 11.8. The molecule has 2 aromatic heterocycles. The summed E-state index contributed by atoms with van der Waals surface area (Å²) < 4.78 is 13.3. The van der Waals surface area contributed by atoms with Crippen molar-refractivity contribution in [3.05, 3.63) is 27.5 Å². The van der Waals surface area contributed by atoms with Crippen LogP contribution in [0.2, 0.25) is 0 Å². The van der Waals surface area contributed by atoms with Crippen molar-refractivity contribution >= 4 is 23.2 Å². The van der Waals surface area contributed by atoms with Gasteiger partial charge in [-0.2, -0.15) is 19.3 Å². The number of nitrogens with two attached hydrogens (primary N) is 1. The molecule has 0 saturated heterocycles. The molecule has 0 aliphatic heterocycles. The van der Waals surface area contributed by atoms with E-state index in [0.717, 1.165) is 28.2 Å². The summed E-state index contributed by atoms with van der Waals surface area (Å²) in [5, 5.41) is 3.00. The second kappa shape index (κ2) is 6.60. The summed E-state index contributed by atoms with van der Waals surface area (Å²) in [5.74, 6) is 1.16. The molecule has 5 nitrogen and oxygen atoms in total. The van der Waals surface area contributed by atoms with Crippen molar-refractivity contribution in [1.29, 1.82) is 0 Å². The lowest BCUT2D eigenvalue weighted by atomic mass is 10.1. The zero-order chi connectivity index (χ0) is 14.0. The number of hydrogen-bond acceptors (Lipinski definition) is 6. The highest BCUT2D eigenvalue weighted by atomic mass is 32.1. The Kier molecular flexibility index (Phi) is 5.38. The van der Waals surface area contributed by atoms with Gasteiger partial charge in [-0.3, -0.25) is 0 Å². The first-order valence-electron chi connectivity index (χ1n) is 6.00. The van der Waals surface area contributed by atoms with E-state index >= 15 is 0 Å². The Bertz CT molecular complexity index is 564. The van der Waals surface area contributed by atoms with Crippen LogP contribution < -0.4 is 11.1 Å². The second-order valence-corrected chi connectivity index (χ2v) is 5.30. The van der Waals surface area contributed by atoms with Crippen molar-refractivity contribution in [2.45, 2.75) is 40.7 Å². The van der Waals surface area contributed by atoms with E-state index in [9.17, 15) is 4.39 Å². The summed E-state index contributed by atoms with van der Waals surface area (Å²) in [6.45, 7) is 5.67. The monoisotopic (exact) mass is 297 g/mol. The van der Waals surface area contributed by atoms with E-state index in [0.29, 0.717) is 11.8 Å². The first-order chi connectivity index (χ1) is 8.99. The highest BCUT2D eigenvalue weighted by Gasteiger charge is 2.17. The van der Waals surface area contributed by atoms with E-state index in [1.54, 1.807) is 6.92 Å². The number of aryl methyl sites for hydroxylation is 2. The quantitative estimate of drug-likeness (QED) is 0.903. The molecule has 7 heteroatoms. The zero-order valence-electron chi connectivity index (χ0n) is 11.1. The Balaban J connectivity index is 0.00000200. The summed E-state index contributed by atoms with van der Waals surface area (Å²) >= 11 is 1.14. The molecule has 1 unspecified atom stereocenters. The molecule has 0 amide bonds. The van der Waals surface area contributed by atoms with Crippen LogP contribution in [0.5, 0.6) is 0 Å². The van der Waals surface area contributed by atoms with Crippen LogP contribution in [-0.2, 0) is 0 Å². The minimum absolute atomic E-state index is 0. The lowest BCUT2D eigenvalue weighted by molar-refractivity contribution is 0.656. The van der Waals surface area contributed by atoms with Crippen LogP contribution >= 0.6 is 11.3 Å². The molecule has 0 aliphatic carbocycles. The van der Waals surface area contributed by atoms with Gasteiger partial charge in [0, 0.05) is 4.88 Å². The van der Waals surface area contributed by atoms with Crippen molar-refractivity contribution in [2.24, 2.45) is 0 Å². The average Bonchev–Trinajstić information content (AvgIpc) is 2.64. The molecule has 0 fully saturated rings. The number of nitrogens with zero attached hydrogens (tertiary/aromatic N) is 3. The number of thiophene rings is 1. The Morgan fingerprint density at radius 3 is 2.55 bits per heavy atom. The maximum Gasteiger partial charge on any atom is 0.228 e. The minimum atomic E-state index is -0.181. The summed E-state index contributed by atoms with van der Waals surface area (Å²) in [7, 11) is 0. The maximum atomic E-state index is 13.3. The molecule has 0 aromatic carbocycles. The highest BCUT2D eigenvalue weighted by Crippen LogP contribution is 2.30. The summed E-state index contributed by atoms with van der Waals surface area (Å²) in [5.41, 5.74) is 6.52. The Morgan fingerprint density at radius 2 is 2.05 bits per heavy atom. The molecular formula is C13H20FN5S. The third-order valence-corrected chi connectivity index (χ3v) is 3.86. The van der Waals surface area contributed by atoms with E-state index in [1.807, 2.05) is 13.8 Å². The van der Waals surface area contributed by atoms with Crippen LogP contribution in [0.15, 0.2) is 6.07 Å². The Labute approximate surface area is 122 Å². The van der Waals surface area contributed by atoms with E-state index in [1.165, 1.54) is 6.07 Å². The third-order valence-electron chi connectivity index (χ3n) is 2.72. The van der Waals surface area contributed by atoms with Gasteiger partial charge in [0.25, 0.3) is 0 Å². The van der Waals surface area contributed by atoms with Crippen molar-refractivity contribution in [3.8, 4) is 0 Å². The molecule has 0 aliphatic rings. The minimum Gasteiger partial charge on any atom is -0.368 e. The molecular weight excluding hydrogens is 277 g/mol. The lowest BCUT2D eigenvalue weighted by Gasteiger charge is -2.16.